The van der Waals surface area contributed by atoms with Crippen LogP contribution in [0.5, 0.6) is 0 Å². The van der Waals surface area contributed by atoms with Gasteiger partial charge in [0.2, 0.25) is 5.91 Å². The van der Waals surface area contributed by atoms with Gasteiger partial charge in [0.15, 0.2) is 5.82 Å². The van der Waals surface area contributed by atoms with Crippen LogP contribution in [-0.4, -0.2) is 65.7 Å². The minimum atomic E-state index is -0.110. The van der Waals surface area contributed by atoms with Crippen molar-refractivity contribution in [2.24, 2.45) is 0 Å². The van der Waals surface area contributed by atoms with E-state index in [0.29, 0.717) is 12.6 Å². The molecule has 4 rings (SSSR count). The molecule has 0 spiro atoms. The predicted molar refractivity (Wildman–Crippen MR) is 127 cm³/mol. The van der Waals surface area contributed by atoms with Crippen molar-refractivity contribution in [1.82, 2.24) is 20.0 Å². The summed E-state index contributed by atoms with van der Waals surface area (Å²) in [6.07, 6.45) is 3.93. The number of hydrogen-bond acceptors (Lipinski definition) is 5. The number of hydrogen-bond donors (Lipinski definition) is 0. The standard InChI is InChI=1S/C26H31N5O/c1-29(19-23-15-10-18-31(23)24-16-9-17-27-28-24)20-25(32)30(2)26(21-11-5-3-6-12-21)22-13-7-4-8-14-22/h3-9,11-14,16-17,23,26H,10,15,18-20H2,1-2H3. The van der Waals surface area contributed by atoms with Crippen LogP contribution in [0.1, 0.15) is 30.0 Å². The molecule has 2 aromatic carbocycles. The van der Waals surface area contributed by atoms with Gasteiger partial charge in [0.25, 0.3) is 0 Å². The number of anilines is 1. The highest BCUT2D eigenvalue weighted by Crippen LogP contribution is 2.28. The van der Waals surface area contributed by atoms with Crippen molar-refractivity contribution >= 4 is 11.7 Å². The summed E-state index contributed by atoms with van der Waals surface area (Å²) in [6, 6.07) is 24.6. The lowest BCUT2D eigenvalue weighted by molar-refractivity contribution is -0.132. The first kappa shape index (κ1) is 22.0. The second kappa shape index (κ2) is 10.4. The maximum Gasteiger partial charge on any atom is 0.237 e. The molecule has 1 unspecified atom stereocenters. The van der Waals surface area contributed by atoms with Gasteiger partial charge in [-0.05, 0) is 43.1 Å². The Hall–Kier alpha value is -3.25. The number of amides is 1. The van der Waals surface area contributed by atoms with Crippen molar-refractivity contribution in [3.05, 3.63) is 90.1 Å². The third-order valence-corrected chi connectivity index (χ3v) is 6.17. The molecule has 32 heavy (non-hydrogen) atoms. The van der Waals surface area contributed by atoms with Gasteiger partial charge < -0.3 is 9.80 Å². The molecule has 0 radical (unpaired) electrons. The zero-order valence-corrected chi connectivity index (χ0v) is 18.8. The molecule has 0 saturated carbocycles. The quantitative estimate of drug-likeness (QED) is 0.547. The molecule has 1 aliphatic heterocycles. The molecule has 6 heteroatoms. The first-order valence-corrected chi connectivity index (χ1v) is 11.2. The number of carbonyl (C=O) groups excluding carboxylic acids is 1. The first-order valence-electron chi connectivity index (χ1n) is 11.2. The Morgan fingerprint density at radius 2 is 1.66 bits per heavy atom. The van der Waals surface area contributed by atoms with Gasteiger partial charge in [-0.3, -0.25) is 9.69 Å². The maximum absolute atomic E-state index is 13.3. The Bertz CT molecular complexity index is 943. The van der Waals surface area contributed by atoms with Gasteiger partial charge in [-0.2, -0.15) is 5.10 Å². The Balaban J connectivity index is 1.43. The van der Waals surface area contributed by atoms with E-state index in [0.717, 1.165) is 42.9 Å². The van der Waals surface area contributed by atoms with Crippen LogP contribution < -0.4 is 4.90 Å². The predicted octanol–water partition coefficient (Wildman–Crippen LogP) is 3.63. The molecule has 1 aliphatic rings. The molecule has 0 aliphatic carbocycles. The number of benzene rings is 2. The van der Waals surface area contributed by atoms with Crippen molar-refractivity contribution in [3.63, 3.8) is 0 Å². The zero-order chi connectivity index (χ0) is 22.3. The van der Waals surface area contributed by atoms with Gasteiger partial charge in [-0.25, -0.2) is 0 Å². The van der Waals surface area contributed by atoms with Crippen LogP contribution in [0, 0.1) is 0 Å². The van der Waals surface area contributed by atoms with Gasteiger partial charge in [0, 0.05) is 32.4 Å². The number of carbonyl (C=O) groups is 1. The fourth-order valence-corrected chi connectivity index (χ4v) is 4.59. The number of likely N-dealkylation sites (N-methyl/N-ethyl adjacent to an activating group) is 2. The number of nitrogens with zero attached hydrogens (tertiary/aromatic N) is 5. The second-order valence-corrected chi connectivity index (χ2v) is 8.50. The van der Waals surface area contributed by atoms with Gasteiger partial charge in [0.05, 0.1) is 12.6 Å². The molecule has 0 bridgehead atoms. The molecule has 166 valence electrons. The largest absolute Gasteiger partial charge is 0.351 e. The van der Waals surface area contributed by atoms with Crippen molar-refractivity contribution < 1.29 is 4.79 Å². The topological polar surface area (TPSA) is 52.6 Å². The summed E-state index contributed by atoms with van der Waals surface area (Å²) in [6.45, 7) is 2.17. The SMILES string of the molecule is CN(CC(=O)N(C)C(c1ccccc1)c1ccccc1)CC1CCCN1c1cccnn1. The maximum atomic E-state index is 13.3. The molecule has 2 heterocycles. The van der Waals surface area contributed by atoms with E-state index in [1.54, 1.807) is 6.20 Å². The molecular formula is C26H31N5O. The Labute approximate surface area is 190 Å². The highest BCUT2D eigenvalue weighted by molar-refractivity contribution is 5.79. The average Bonchev–Trinajstić information content (AvgIpc) is 3.29. The molecule has 1 fully saturated rings. The van der Waals surface area contributed by atoms with Crippen LogP contribution in [0.4, 0.5) is 5.82 Å². The molecule has 6 nitrogen and oxygen atoms in total. The van der Waals surface area contributed by atoms with Crippen LogP contribution in [0.2, 0.25) is 0 Å². The Kier molecular flexibility index (Phi) is 7.12. The van der Waals surface area contributed by atoms with E-state index >= 15 is 0 Å². The zero-order valence-electron chi connectivity index (χ0n) is 18.8. The minimum Gasteiger partial charge on any atom is -0.351 e. The lowest BCUT2D eigenvalue weighted by Gasteiger charge is -2.32. The minimum absolute atomic E-state index is 0.106. The molecule has 1 atom stereocenters. The van der Waals surface area contributed by atoms with Crippen LogP contribution in [0.25, 0.3) is 0 Å². The van der Waals surface area contributed by atoms with Gasteiger partial charge in [0.1, 0.15) is 0 Å². The summed E-state index contributed by atoms with van der Waals surface area (Å²) < 4.78 is 0. The van der Waals surface area contributed by atoms with Crippen molar-refractivity contribution in [1.29, 1.82) is 0 Å². The Morgan fingerprint density at radius 3 is 2.25 bits per heavy atom. The molecule has 3 aromatic rings. The second-order valence-electron chi connectivity index (χ2n) is 8.50. The first-order chi connectivity index (χ1) is 15.6. The molecular weight excluding hydrogens is 398 g/mol. The average molecular weight is 430 g/mol. The van der Waals surface area contributed by atoms with E-state index in [4.69, 9.17) is 0 Å². The lowest BCUT2D eigenvalue weighted by atomic mass is 9.97. The van der Waals surface area contributed by atoms with Crippen molar-refractivity contribution in [2.45, 2.75) is 24.9 Å². The van der Waals surface area contributed by atoms with Gasteiger partial charge >= 0.3 is 0 Å². The molecule has 1 saturated heterocycles. The normalized spacial score (nSPS) is 16.0. The third kappa shape index (κ3) is 5.14. The summed E-state index contributed by atoms with van der Waals surface area (Å²) in [5.41, 5.74) is 2.23. The summed E-state index contributed by atoms with van der Waals surface area (Å²) >= 11 is 0. The highest BCUT2D eigenvalue weighted by Gasteiger charge is 2.29. The summed E-state index contributed by atoms with van der Waals surface area (Å²) in [5, 5.41) is 8.31. The number of rotatable bonds is 8. The van der Waals surface area contributed by atoms with Crippen molar-refractivity contribution in [2.75, 3.05) is 38.6 Å². The van der Waals surface area contributed by atoms with E-state index in [1.165, 1.54) is 0 Å². The highest BCUT2D eigenvalue weighted by atomic mass is 16.2. The smallest absolute Gasteiger partial charge is 0.237 e. The van der Waals surface area contributed by atoms with Crippen LogP contribution in [0.15, 0.2) is 79.0 Å². The fraction of sp³-hybridized carbons (Fsp3) is 0.346. The summed E-state index contributed by atoms with van der Waals surface area (Å²) in [5.74, 6) is 1.02. The monoisotopic (exact) mass is 429 g/mol. The van der Waals surface area contributed by atoms with E-state index < -0.39 is 0 Å². The van der Waals surface area contributed by atoms with E-state index in [1.807, 2.05) is 67.5 Å². The van der Waals surface area contributed by atoms with Gasteiger partial charge in [-0.1, -0.05) is 60.7 Å². The van der Waals surface area contributed by atoms with Crippen LogP contribution >= 0.6 is 0 Å². The molecule has 1 amide bonds. The van der Waals surface area contributed by atoms with Crippen LogP contribution in [-0.2, 0) is 4.79 Å². The van der Waals surface area contributed by atoms with Crippen molar-refractivity contribution in [3.8, 4) is 0 Å². The Morgan fingerprint density at radius 1 is 1.00 bits per heavy atom. The summed E-state index contributed by atoms with van der Waals surface area (Å²) in [4.78, 5) is 19.6. The summed E-state index contributed by atoms with van der Waals surface area (Å²) in [7, 11) is 3.93. The number of aromatic nitrogens is 2. The van der Waals surface area contributed by atoms with E-state index in [2.05, 4.69) is 44.3 Å². The van der Waals surface area contributed by atoms with E-state index in [9.17, 15) is 4.79 Å². The third-order valence-electron chi connectivity index (χ3n) is 6.17. The lowest BCUT2D eigenvalue weighted by Crippen LogP contribution is -2.44. The van der Waals surface area contributed by atoms with Gasteiger partial charge in [-0.15, -0.1) is 5.10 Å². The van der Waals surface area contributed by atoms with Crippen LogP contribution in [0.3, 0.4) is 0 Å². The molecule has 1 aromatic heterocycles. The molecule has 0 N–H and O–H groups in total. The van der Waals surface area contributed by atoms with E-state index in [-0.39, 0.29) is 11.9 Å². The fourth-order valence-electron chi connectivity index (χ4n) is 4.59.